The van der Waals surface area contributed by atoms with E-state index in [4.69, 9.17) is 33.7 Å². The molecule has 1 atom stereocenters. The molecule has 9 nitrogen and oxygen atoms in total. The molecule has 0 spiro atoms. The summed E-state index contributed by atoms with van der Waals surface area (Å²) >= 11 is 0. The minimum atomic E-state index is -4.67. The summed E-state index contributed by atoms with van der Waals surface area (Å²) in [5.41, 5.74) is 10.5. The van der Waals surface area contributed by atoms with Crippen LogP contribution in [0, 0.1) is 0 Å². The predicted molar refractivity (Wildman–Crippen MR) is 72.7 cm³/mol. The van der Waals surface area contributed by atoms with Crippen LogP contribution in [-0.4, -0.2) is 35.4 Å². The highest BCUT2D eigenvalue weighted by Crippen LogP contribution is 2.09. The van der Waals surface area contributed by atoms with Crippen molar-refractivity contribution >= 4 is 22.3 Å². The molecule has 1 aromatic rings. The summed E-state index contributed by atoms with van der Waals surface area (Å²) in [4.78, 5) is 21.9. The number of ether oxygens (including phenoxy) is 1. The van der Waals surface area contributed by atoms with Gasteiger partial charge in [0.2, 0.25) is 5.91 Å². The minimum absolute atomic E-state index is 0.0745. The zero-order valence-corrected chi connectivity index (χ0v) is 11.7. The van der Waals surface area contributed by atoms with Gasteiger partial charge in [-0.25, -0.2) is 4.79 Å². The molecule has 10 heteroatoms. The van der Waals surface area contributed by atoms with Crippen molar-refractivity contribution in [3.05, 3.63) is 30.3 Å². The lowest BCUT2D eigenvalue weighted by Crippen LogP contribution is -2.35. The number of esters is 1. The molecule has 0 saturated heterocycles. The van der Waals surface area contributed by atoms with Crippen LogP contribution in [0.2, 0.25) is 0 Å². The Balaban J connectivity index is 0.000000690. The first-order valence-corrected chi connectivity index (χ1v) is 7.00. The number of benzene rings is 1. The van der Waals surface area contributed by atoms with Crippen LogP contribution in [-0.2, 0) is 20.0 Å². The number of carbonyl (C=O) groups excluding carboxylic acids is 2. The lowest BCUT2D eigenvalue weighted by molar-refractivity contribution is -0.136. The van der Waals surface area contributed by atoms with Crippen LogP contribution in [0.25, 0.3) is 0 Å². The number of hydrogen-bond donors (Lipinski definition) is 4. The molecule has 0 fully saturated rings. The molecule has 0 saturated carbocycles. The largest absolute Gasteiger partial charge is 0.425 e. The van der Waals surface area contributed by atoms with Gasteiger partial charge in [0.05, 0.1) is 0 Å². The molecule has 0 aliphatic heterocycles. The fourth-order valence-corrected chi connectivity index (χ4v) is 1.10. The summed E-state index contributed by atoms with van der Waals surface area (Å²) in [6.07, 6.45) is 0.270. The maximum Gasteiger partial charge on any atom is 0.394 e. The van der Waals surface area contributed by atoms with E-state index in [0.717, 1.165) is 0 Å². The summed E-state index contributed by atoms with van der Waals surface area (Å²) in [6.45, 7) is 0. The lowest BCUT2D eigenvalue weighted by Gasteiger charge is -2.09. The van der Waals surface area contributed by atoms with E-state index in [9.17, 15) is 9.59 Å². The van der Waals surface area contributed by atoms with Crippen molar-refractivity contribution < 1.29 is 31.8 Å². The van der Waals surface area contributed by atoms with Gasteiger partial charge in [0.1, 0.15) is 11.8 Å². The van der Waals surface area contributed by atoms with Gasteiger partial charge in [-0.2, -0.15) is 8.42 Å². The van der Waals surface area contributed by atoms with Gasteiger partial charge in [0, 0.05) is 6.42 Å². The average Bonchev–Trinajstić information content (AvgIpc) is 2.35. The van der Waals surface area contributed by atoms with Crippen LogP contribution in [0.5, 0.6) is 5.75 Å². The number of hydrogen-bond acceptors (Lipinski definition) is 6. The van der Waals surface area contributed by atoms with E-state index in [1.54, 1.807) is 24.3 Å². The number of rotatable bonds is 5. The molecule has 0 radical (unpaired) electrons. The zero-order chi connectivity index (χ0) is 16.5. The van der Waals surface area contributed by atoms with Crippen molar-refractivity contribution in [2.45, 2.75) is 18.9 Å². The van der Waals surface area contributed by atoms with Crippen molar-refractivity contribution in [3.8, 4) is 5.75 Å². The van der Waals surface area contributed by atoms with Crippen molar-refractivity contribution in [1.29, 1.82) is 0 Å². The highest BCUT2D eigenvalue weighted by molar-refractivity contribution is 7.79. The van der Waals surface area contributed by atoms with Gasteiger partial charge in [0.15, 0.2) is 0 Å². The van der Waals surface area contributed by atoms with Crippen LogP contribution >= 0.6 is 0 Å². The van der Waals surface area contributed by atoms with Gasteiger partial charge in [0.25, 0.3) is 0 Å². The fourth-order valence-electron chi connectivity index (χ4n) is 1.10. The molecule has 6 N–H and O–H groups in total. The second-order valence-corrected chi connectivity index (χ2v) is 4.69. The van der Waals surface area contributed by atoms with Crippen LogP contribution < -0.4 is 16.2 Å². The topological polar surface area (TPSA) is 170 Å². The SMILES string of the molecule is NC(=O)CC[C@H](N)C(=O)Oc1ccccc1.O=S(=O)(O)O. The molecule has 0 aromatic heterocycles. The Labute approximate surface area is 121 Å². The maximum atomic E-state index is 11.4. The third-order valence-corrected chi connectivity index (χ3v) is 1.97. The van der Waals surface area contributed by atoms with Gasteiger partial charge >= 0.3 is 16.4 Å². The summed E-state index contributed by atoms with van der Waals surface area (Å²) in [6, 6.07) is 7.78. The minimum Gasteiger partial charge on any atom is -0.425 e. The van der Waals surface area contributed by atoms with E-state index in [2.05, 4.69) is 0 Å². The molecular weight excluding hydrogens is 304 g/mol. The Morgan fingerprint density at radius 1 is 1.19 bits per heavy atom. The zero-order valence-electron chi connectivity index (χ0n) is 10.9. The third-order valence-electron chi connectivity index (χ3n) is 1.97. The monoisotopic (exact) mass is 320 g/mol. The van der Waals surface area contributed by atoms with E-state index >= 15 is 0 Å². The summed E-state index contributed by atoms with van der Waals surface area (Å²) in [7, 11) is -4.67. The quantitative estimate of drug-likeness (QED) is 0.320. The third kappa shape index (κ3) is 12.8. The van der Waals surface area contributed by atoms with Crippen LogP contribution in [0.3, 0.4) is 0 Å². The molecule has 0 heterocycles. The molecule has 1 amide bonds. The Hall–Kier alpha value is -2.01. The van der Waals surface area contributed by atoms with Gasteiger partial charge < -0.3 is 16.2 Å². The lowest BCUT2D eigenvalue weighted by atomic mass is 10.1. The van der Waals surface area contributed by atoms with Crippen LogP contribution in [0.4, 0.5) is 0 Å². The van der Waals surface area contributed by atoms with E-state index < -0.39 is 28.3 Å². The van der Waals surface area contributed by atoms with Crippen molar-refractivity contribution in [2.75, 3.05) is 0 Å². The molecule has 0 aliphatic carbocycles. The van der Waals surface area contributed by atoms with Gasteiger partial charge in [-0.1, -0.05) is 18.2 Å². The Kier molecular flexibility index (Phi) is 8.16. The number of nitrogens with two attached hydrogens (primary N) is 2. The molecule has 118 valence electrons. The van der Waals surface area contributed by atoms with Crippen LogP contribution in [0.15, 0.2) is 30.3 Å². The number of amides is 1. The van der Waals surface area contributed by atoms with Gasteiger partial charge in [-0.3, -0.25) is 13.9 Å². The highest BCUT2D eigenvalue weighted by Gasteiger charge is 2.16. The second kappa shape index (κ2) is 9.02. The predicted octanol–water partition coefficient (Wildman–Crippen LogP) is -0.468. The summed E-state index contributed by atoms with van der Waals surface area (Å²) in [5.74, 6) is -0.613. The standard InChI is InChI=1S/C11H14N2O3.H2O4S/c12-9(6-7-10(13)14)11(15)16-8-4-2-1-3-5-8;1-5(2,3)4/h1-5,9H,6-7,12H2,(H2,13,14);(H2,1,2,3,4)/t9-;/m0./s1. The highest BCUT2D eigenvalue weighted by atomic mass is 32.3. The fraction of sp³-hybridized carbons (Fsp3) is 0.273. The van der Waals surface area contributed by atoms with Crippen molar-refractivity contribution in [1.82, 2.24) is 0 Å². The van der Waals surface area contributed by atoms with Gasteiger partial charge in [-0.15, -0.1) is 0 Å². The smallest absolute Gasteiger partial charge is 0.394 e. The van der Waals surface area contributed by atoms with E-state index in [1.807, 2.05) is 6.07 Å². The molecule has 21 heavy (non-hydrogen) atoms. The Bertz CT molecular complexity index is 551. The number of primary amides is 1. The first kappa shape index (κ1) is 19.0. The first-order valence-electron chi connectivity index (χ1n) is 5.60. The normalized spacial score (nSPS) is 11.8. The molecule has 0 aliphatic rings. The van der Waals surface area contributed by atoms with Crippen LogP contribution in [0.1, 0.15) is 12.8 Å². The van der Waals surface area contributed by atoms with Gasteiger partial charge in [-0.05, 0) is 18.6 Å². The van der Waals surface area contributed by atoms with E-state index in [0.29, 0.717) is 5.75 Å². The number of carbonyl (C=O) groups is 2. The van der Waals surface area contributed by atoms with Crippen molar-refractivity contribution in [2.24, 2.45) is 11.5 Å². The summed E-state index contributed by atoms with van der Waals surface area (Å²) in [5, 5.41) is 0. The van der Waals surface area contributed by atoms with E-state index in [-0.39, 0.29) is 12.8 Å². The molecule has 0 unspecified atom stereocenters. The molecule has 1 aromatic carbocycles. The molecule has 0 bridgehead atoms. The second-order valence-electron chi connectivity index (χ2n) is 3.79. The average molecular weight is 320 g/mol. The molecule has 1 rings (SSSR count). The Morgan fingerprint density at radius 2 is 1.67 bits per heavy atom. The number of para-hydroxylation sites is 1. The summed E-state index contributed by atoms with van der Waals surface area (Å²) < 4.78 is 36.6. The maximum absolute atomic E-state index is 11.4. The van der Waals surface area contributed by atoms with Crippen molar-refractivity contribution in [3.63, 3.8) is 0 Å². The molecular formula is C11H16N2O7S. The Morgan fingerprint density at radius 3 is 2.10 bits per heavy atom. The first-order chi connectivity index (χ1) is 9.59. The van der Waals surface area contributed by atoms with E-state index in [1.165, 1.54) is 0 Å².